The van der Waals surface area contributed by atoms with Crippen LogP contribution in [0.5, 0.6) is 0 Å². The van der Waals surface area contributed by atoms with Crippen molar-refractivity contribution < 1.29 is 29.2 Å². The topological polar surface area (TPSA) is 77.4 Å². The molecule has 0 radical (unpaired) electrons. The number of unbranched alkanes of at least 4 members (excludes halogenated alkanes) is 14. The normalized spacial score (nSPS) is 30.4. The summed E-state index contributed by atoms with van der Waals surface area (Å²) in [7, 11) is 0. The summed E-state index contributed by atoms with van der Waals surface area (Å²) in [4.78, 5) is 0. The fourth-order valence-electron chi connectivity index (χ4n) is 4.76. The van der Waals surface area contributed by atoms with Crippen LogP contribution in [0, 0.1) is 0 Å². The number of ether oxygens (including phenoxy) is 4. The molecule has 6 nitrogen and oxygen atoms in total. The molecule has 0 aliphatic carbocycles. The second-order valence-electron chi connectivity index (χ2n) is 9.58. The molecular weight excluding hydrogens is 408 g/mol. The minimum atomic E-state index is -1.10. The molecular formula is C26H50O6. The van der Waals surface area contributed by atoms with E-state index in [1.165, 1.54) is 89.9 Å². The summed E-state index contributed by atoms with van der Waals surface area (Å²) >= 11 is 0. The molecule has 0 amide bonds. The van der Waals surface area contributed by atoms with E-state index in [0.717, 1.165) is 12.8 Å². The average molecular weight is 459 g/mol. The predicted molar refractivity (Wildman–Crippen MR) is 126 cm³/mol. The molecule has 0 bridgehead atoms. The molecule has 190 valence electrons. The molecule has 2 saturated heterocycles. The molecule has 0 aromatic heterocycles. The lowest BCUT2D eigenvalue weighted by molar-refractivity contribution is -0.359. The van der Waals surface area contributed by atoms with Gasteiger partial charge in [0.2, 0.25) is 0 Å². The van der Waals surface area contributed by atoms with Crippen molar-refractivity contribution in [1.29, 1.82) is 0 Å². The van der Waals surface area contributed by atoms with E-state index in [0.29, 0.717) is 13.2 Å². The Labute approximate surface area is 196 Å². The highest BCUT2D eigenvalue weighted by molar-refractivity contribution is 4.92. The first-order valence-electron chi connectivity index (χ1n) is 13.6. The standard InChI is InChI=1S/C26H50O6/c1-3-5-6-7-8-9-10-11-12-13-14-15-16-17-18-19-22-30-20-21-25(32-22)23(27)24(28)26(31-21)29-4-2/h21-28H,3-20H2,1-2H3. The van der Waals surface area contributed by atoms with Crippen LogP contribution in [0.25, 0.3) is 0 Å². The number of hydrogen-bond donors (Lipinski definition) is 2. The van der Waals surface area contributed by atoms with E-state index in [2.05, 4.69) is 6.92 Å². The van der Waals surface area contributed by atoms with Gasteiger partial charge in [0.05, 0.1) is 6.61 Å². The third-order valence-electron chi connectivity index (χ3n) is 6.77. The van der Waals surface area contributed by atoms with E-state index in [1.54, 1.807) is 0 Å². The lowest BCUT2D eigenvalue weighted by atomic mass is 9.98. The Kier molecular flexibility index (Phi) is 15.1. The van der Waals surface area contributed by atoms with E-state index < -0.39 is 30.7 Å². The first-order valence-corrected chi connectivity index (χ1v) is 13.6. The van der Waals surface area contributed by atoms with Gasteiger partial charge in [-0.2, -0.15) is 0 Å². The van der Waals surface area contributed by atoms with Crippen molar-refractivity contribution in [2.75, 3.05) is 13.2 Å². The molecule has 2 aliphatic heterocycles. The second kappa shape index (κ2) is 17.2. The fourth-order valence-corrected chi connectivity index (χ4v) is 4.76. The lowest BCUT2D eigenvalue weighted by Crippen LogP contribution is -2.63. The Morgan fingerprint density at radius 2 is 1.22 bits per heavy atom. The van der Waals surface area contributed by atoms with Crippen molar-refractivity contribution in [3.63, 3.8) is 0 Å². The van der Waals surface area contributed by atoms with Crippen molar-refractivity contribution in [3.8, 4) is 0 Å². The molecule has 0 aromatic rings. The fraction of sp³-hybridized carbons (Fsp3) is 1.00. The average Bonchev–Trinajstić information content (AvgIpc) is 2.80. The zero-order valence-electron chi connectivity index (χ0n) is 20.7. The summed E-state index contributed by atoms with van der Waals surface area (Å²) in [5.74, 6) is 0. The first-order chi connectivity index (χ1) is 15.7. The van der Waals surface area contributed by atoms with Crippen molar-refractivity contribution in [1.82, 2.24) is 0 Å². The molecule has 0 spiro atoms. The van der Waals surface area contributed by atoms with Crippen molar-refractivity contribution >= 4 is 0 Å². The lowest BCUT2D eigenvalue weighted by Gasteiger charge is -2.46. The van der Waals surface area contributed by atoms with E-state index in [9.17, 15) is 10.2 Å². The van der Waals surface area contributed by atoms with Gasteiger partial charge in [0.1, 0.15) is 24.4 Å². The zero-order valence-corrected chi connectivity index (χ0v) is 20.7. The van der Waals surface area contributed by atoms with Crippen LogP contribution in [0.3, 0.4) is 0 Å². The number of rotatable bonds is 18. The van der Waals surface area contributed by atoms with Gasteiger partial charge in [-0.15, -0.1) is 0 Å². The van der Waals surface area contributed by atoms with Gasteiger partial charge in [0, 0.05) is 6.61 Å². The van der Waals surface area contributed by atoms with Gasteiger partial charge in [0.25, 0.3) is 0 Å². The van der Waals surface area contributed by atoms with Crippen LogP contribution < -0.4 is 0 Å². The Hall–Kier alpha value is -0.240. The molecule has 0 aromatic carbocycles. The second-order valence-corrected chi connectivity index (χ2v) is 9.58. The summed E-state index contributed by atoms with van der Waals surface area (Å²) in [5, 5.41) is 20.6. The number of aliphatic hydroxyl groups is 2. The van der Waals surface area contributed by atoms with Crippen LogP contribution in [0.4, 0.5) is 0 Å². The number of fused-ring (bicyclic) bond motifs is 1. The van der Waals surface area contributed by atoms with Crippen molar-refractivity contribution in [3.05, 3.63) is 0 Å². The largest absolute Gasteiger partial charge is 0.387 e. The smallest absolute Gasteiger partial charge is 0.186 e. The molecule has 2 heterocycles. The van der Waals surface area contributed by atoms with Crippen molar-refractivity contribution in [2.45, 2.75) is 154 Å². The maximum atomic E-state index is 10.4. The predicted octanol–water partition coefficient (Wildman–Crippen LogP) is 5.47. The SMILES string of the molecule is CCCCCCCCCCCCCCCCCC1OCC2OC(OCC)C(O)C(O)C2O1. The van der Waals surface area contributed by atoms with E-state index in [1.807, 2.05) is 6.92 Å². The van der Waals surface area contributed by atoms with Gasteiger partial charge in [-0.1, -0.05) is 96.8 Å². The van der Waals surface area contributed by atoms with Gasteiger partial charge in [0.15, 0.2) is 12.6 Å². The van der Waals surface area contributed by atoms with Gasteiger partial charge in [-0.3, -0.25) is 0 Å². The van der Waals surface area contributed by atoms with Gasteiger partial charge in [-0.25, -0.2) is 0 Å². The highest BCUT2D eigenvalue weighted by Gasteiger charge is 2.48. The molecule has 0 saturated carbocycles. The summed E-state index contributed by atoms with van der Waals surface area (Å²) in [6.45, 7) is 4.88. The quantitative estimate of drug-likeness (QED) is 0.265. The summed E-state index contributed by atoms with van der Waals surface area (Å²) in [6, 6.07) is 0. The monoisotopic (exact) mass is 458 g/mol. The van der Waals surface area contributed by atoms with E-state index >= 15 is 0 Å². The van der Waals surface area contributed by atoms with Crippen LogP contribution >= 0.6 is 0 Å². The van der Waals surface area contributed by atoms with Crippen LogP contribution in [0.2, 0.25) is 0 Å². The Balaban J connectivity index is 1.41. The minimum absolute atomic E-state index is 0.327. The Bertz CT molecular complexity index is 446. The van der Waals surface area contributed by atoms with Crippen molar-refractivity contribution in [2.24, 2.45) is 0 Å². The molecule has 6 unspecified atom stereocenters. The molecule has 2 N–H and O–H groups in total. The molecule has 2 fully saturated rings. The molecule has 2 aliphatic rings. The highest BCUT2D eigenvalue weighted by atomic mass is 16.8. The maximum absolute atomic E-state index is 10.4. The maximum Gasteiger partial charge on any atom is 0.186 e. The van der Waals surface area contributed by atoms with Gasteiger partial charge < -0.3 is 29.2 Å². The molecule has 32 heavy (non-hydrogen) atoms. The van der Waals surface area contributed by atoms with Gasteiger partial charge in [-0.05, 0) is 19.8 Å². The summed E-state index contributed by atoms with van der Waals surface area (Å²) in [5.41, 5.74) is 0. The molecule has 2 rings (SSSR count). The number of aliphatic hydroxyl groups excluding tert-OH is 2. The first kappa shape index (κ1) is 28.0. The third kappa shape index (κ3) is 10.4. The minimum Gasteiger partial charge on any atom is -0.387 e. The van der Waals surface area contributed by atoms with Crippen LogP contribution in [-0.4, -0.2) is 60.4 Å². The van der Waals surface area contributed by atoms with Crippen LogP contribution in [0.1, 0.15) is 117 Å². The molecule has 6 atom stereocenters. The van der Waals surface area contributed by atoms with E-state index in [4.69, 9.17) is 18.9 Å². The Morgan fingerprint density at radius 1 is 0.688 bits per heavy atom. The molecule has 6 heteroatoms. The number of hydrogen-bond acceptors (Lipinski definition) is 6. The van der Waals surface area contributed by atoms with Gasteiger partial charge >= 0.3 is 0 Å². The highest BCUT2D eigenvalue weighted by Crippen LogP contribution is 2.30. The summed E-state index contributed by atoms with van der Waals surface area (Å²) < 4.78 is 22.8. The van der Waals surface area contributed by atoms with E-state index in [-0.39, 0.29) is 6.29 Å². The summed E-state index contributed by atoms with van der Waals surface area (Å²) in [6.07, 6.45) is 16.8. The third-order valence-corrected chi connectivity index (χ3v) is 6.77. The zero-order chi connectivity index (χ0) is 23.0. The van der Waals surface area contributed by atoms with Crippen LogP contribution in [0.15, 0.2) is 0 Å². The van der Waals surface area contributed by atoms with Crippen LogP contribution in [-0.2, 0) is 18.9 Å². The Morgan fingerprint density at radius 3 is 1.75 bits per heavy atom.